The van der Waals surface area contributed by atoms with Crippen molar-refractivity contribution in [2.24, 2.45) is 11.7 Å². The normalized spacial score (nSPS) is 31.0. The summed E-state index contributed by atoms with van der Waals surface area (Å²) in [6, 6.07) is 10.9. The van der Waals surface area contributed by atoms with Crippen molar-refractivity contribution in [1.29, 1.82) is 0 Å². The molecule has 3 heterocycles. The number of fused-ring (bicyclic) bond motifs is 1. The molecule has 2 aliphatic heterocycles. The minimum Gasteiger partial charge on any atom is -0.378 e. The van der Waals surface area contributed by atoms with Crippen LogP contribution in [0.2, 0.25) is 0 Å². The Kier molecular flexibility index (Phi) is 3.50. The molecule has 0 amide bonds. The predicted molar refractivity (Wildman–Crippen MR) is 85.6 cm³/mol. The van der Waals surface area contributed by atoms with Gasteiger partial charge in [-0.05, 0) is 36.3 Å². The van der Waals surface area contributed by atoms with Crippen LogP contribution in [0, 0.1) is 5.92 Å². The quantitative estimate of drug-likeness (QED) is 0.923. The highest BCUT2D eigenvalue weighted by Gasteiger charge is 2.42. The SMILES string of the molecule is NC(c1cc2ccccc2s1)C1CCOC2(CCOC2)C1. The van der Waals surface area contributed by atoms with E-state index in [9.17, 15) is 0 Å². The summed E-state index contributed by atoms with van der Waals surface area (Å²) in [6.07, 6.45) is 3.10. The molecule has 1 aromatic heterocycles. The molecule has 3 atom stereocenters. The van der Waals surface area contributed by atoms with Crippen LogP contribution in [0.25, 0.3) is 10.1 Å². The van der Waals surface area contributed by atoms with Gasteiger partial charge in [0.2, 0.25) is 0 Å². The first-order chi connectivity index (χ1) is 10.3. The first kappa shape index (κ1) is 13.7. The van der Waals surface area contributed by atoms with Crippen LogP contribution in [0.3, 0.4) is 0 Å². The molecule has 4 rings (SSSR count). The Hall–Kier alpha value is -0.940. The van der Waals surface area contributed by atoms with Crippen molar-refractivity contribution in [3.63, 3.8) is 0 Å². The highest BCUT2D eigenvalue weighted by Crippen LogP contribution is 2.42. The summed E-state index contributed by atoms with van der Waals surface area (Å²) < 4.78 is 12.9. The lowest BCUT2D eigenvalue weighted by molar-refractivity contribution is -0.101. The van der Waals surface area contributed by atoms with E-state index < -0.39 is 0 Å². The molecule has 0 bridgehead atoms. The average molecular weight is 303 g/mol. The van der Waals surface area contributed by atoms with Gasteiger partial charge in [0.05, 0.1) is 12.2 Å². The maximum Gasteiger partial charge on any atom is 0.0940 e. The van der Waals surface area contributed by atoms with Gasteiger partial charge in [-0.2, -0.15) is 0 Å². The van der Waals surface area contributed by atoms with E-state index in [2.05, 4.69) is 30.3 Å². The van der Waals surface area contributed by atoms with Gasteiger partial charge in [-0.3, -0.25) is 0 Å². The minimum absolute atomic E-state index is 0.0583. The Labute approximate surface area is 129 Å². The van der Waals surface area contributed by atoms with Crippen molar-refractivity contribution in [1.82, 2.24) is 0 Å². The van der Waals surface area contributed by atoms with Crippen molar-refractivity contribution < 1.29 is 9.47 Å². The molecular weight excluding hydrogens is 282 g/mol. The van der Waals surface area contributed by atoms with E-state index in [0.29, 0.717) is 5.92 Å². The van der Waals surface area contributed by atoms with Crippen LogP contribution < -0.4 is 5.73 Å². The Morgan fingerprint density at radius 1 is 1.29 bits per heavy atom. The van der Waals surface area contributed by atoms with E-state index >= 15 is 0 Å². The Morgan fingerprint density at radius 2 is 2.19 bits per heavy atom. The molecule has 21 heavy (non-hydrogen) atoms. The molecular formula is C17H21NO2S. The molecule has 2 saturated heterocycles. The van der Waals surface area contributed by atoms with Gasteiger partial charge in [0.25, 0.3) is 0 Å². The summed E-state index contributed by atoms with van der Waals surface area (Å²) in [4.78, 5) is 1.30. The summed E-state index contributed by atoms with van der Waals surface area (Å²) in [5.74, 6) is 0.494. The van der Waals surface area contributed by atoms with Crippen molar-refractivity contribution >= 4 is 21.4 Å². The smallest absolute Gasteiger partial charge is 0.0940 e. The molecule has 2 aliphatic rings. The molecule has 0 saturated carbocycles. The van der Waals surface area contributed by atoms with Gasteiger partial charge in [0, 0.05) is 35.3 Å². The second-order valence-electron chi connectivity index (χ2n) is 6.30. The number of ether oxygens (including phenoxy) is 2. The molecule has 3 unspecified atom stereocenters. The van der Waals surface area contributed by atoms with Crippen molar-refractivity contribution in [3.05, 3.63) is 35.2 Å². The van der Waals surface area contributed by atoms with E-state index in [1.165, 1.54) is 15.0 Å². The van der Waals surface area contributed by atoms with E-state index in [0.717, 1.165) is 39.1 Å². The van der Waals surface area contributed by atoms with Crippen molar-refractivity contribution in [3.8, 4) is 0 Å². The molecule has 4 heteroatoms. The molecule has 3 nitrogen and oxygen atoms in total. The van der Waals surface area contributed by atoms with Crippen LogP contribution in [0.4, 0.5) is 0 Å². The summed E-state index contributed by atoms with van der Waals surface area (Å²) in [5.41, 5.74) is 6.54. The van der Waals surface area contributed by atoms with Crippen LogP contribution in [0.15, 0.2) is 30.3 Å². The minimum atomic E-state index is -0.0583. The summed E-state index contributed by atoms with van der Waals surface area (Å²) in [7, 11) is 0. The fourth-order valence-electron chi connectivity index (χ4n) is 3.63. The number of benzene rings is 1. The molecule has 2 N–H and O–H groups in total. The lowest BCUT2D eigenvalue weighted by Crippen LogP contribution is -2.43. The van der Waals surface area contributed by atoms with Crippen LogP contribution in [0.5, 0.6) is 0 Å². The van der Waals surface area contributed by atoms with E-state index in [1.807, 2.05) is 11.3 Å². The molecule has 1 aromatic carbocycles. The van der Waals surface area contributed by atoms with E-state index in [-0.39, 0.29) is 11.6 Å². The molecule has 2 fully saturated rings. The zero-order valence-corrected chi connectivity index (χ0v) is 12.9. The number of thiophene rings is 1. The van der Waals surface area contributed by atoms with Crippen molar-refractivity contribution in [2.75, 3.05) is 19.8 Å². The van der Waals surface area contributed by atoms with Crippen LogP contribution in [0.1, 0.15) is 30.2 Å². The van der Waals surface area contributed by atoms with Gasteiger partial charge >= 0.3 is 0 Å². The fourth-order valence-corrected chi connectivity index (χ4v) is 4.79. The average Bonchev–Trinajstić information content (AvgIpc) is 3.13. The first-order valence-electron chi connectivity index (χ1n) is 7.72. The number of hydrogen-bond donors (Lipinski definition) is 1. The van der Waals surface area contributed by atoms with Crippen LogP contribution in [-0.4, -0.2) is 25.4 Å². The third-order valence-corrected chi connectivity index (χ3v) is 6.10. The highest BCUT2D eigenvalue weighted by molar-refractivity contribution is 7.19. The second-order valence-corrected chi connectivity index (χ2v) is 7.41. The maximum atomic E-state index is 6.60. The molecule has 2 aromatic rings. The molecule has 0 aliphatic carbocycles. The lowest BCUT2D eigenvalue weighted by atomic mass is 9.81. The number of nitrogens with two attached hydrogens (primary N) is 1. The van der Waals surface area contributed by atoms with Crippen LogP contribution in [-0.2, 0) is 9.47 Å². The Morgan fingerprint density at radius 3 is 3.00 bits per heavy atom. The fraction of sp³-hybridized carbons (Fsp3) is 0.529. The molecule has 112 valence electrons. The van der Waals surface area contributed by atoms with Crippen LogP contribution >= 0.6 is 11.3 Å². The third kappa shape index (κ3) is 2.50. The summed E-state index contributed by atoms with van der Waals surface area (Å²) in [6.45, 7) is 2.38. The van der Waals surface area contributed by atoms with E-state index in [4.69, 9.17) is 15.2 Å². The first-order valence-corrected chi connectivity index (χ1v) is 8.53. The Balaban J connectivity index is 1.57. The second kappa shape index (κ2) is 5.36. The van der Waals surface area contributed by atoms with Crippen molar-refractivity contribution in [2.45, 2.75) is 30.9 Å². The van der Waals surface area contributed by atoms with Gasteiger partial charge in [0.1, 0.15) is 0 Å². The standard InChI is InChI=1S/C17H21NO2S/c18-16(15-9-12-3-1-2-4-14(12)21-15)13-5-7-20-17(10-13)6-8-19-11-17/h1-4,9,13,16H,5-8,10-11,18H2. The Bertz CT molecular complexity index is 600. The summed E-state index contributed by atoms with van der Waals surface area (Å²) in [5, 5.41) is 1.30. The number of hydrogen-bond acceptors (Lipinski definition) is 4. The maximum absolute atomic E-state index is 6.60. The van der Waals surface area contributed by atoms with Gasteiger partial charge in [-0.15, -0.1) is 11.3 Å². The van der Waals surface area contributed by atoms with E-state index in [1.54, 1.807) is 0 Å². The molecule has 0 radical (unpaired) electrons. The summed E-state index contributed by atoms with van der Waals surface area (Å²) >= 11 is 1.83. The van der Waals surface area contributed by atoms with Gasteiger partial charge in [-0.25, -0.2) is 0 Å². The predicted octanol–water partition coefficient (Wildman–Crippen LogP) is 3.49. The zero-order chi connectivity index (χ0) is 14.3. The highest BCUT2D eigenvalue weighted by atomic mass is 32.1. The lowest BCUT2D eigenvalue weighted by Gasteiger charge is -2.39. The third-order valence-electron chi connectivity index (χ3n) is 4.88. The van der Waals surface area contributed by atoms with Gasteiger partial charge < -0.3 is 15.2 Å². The monoisotopic (exact) mass is 303 g/mol. The topological polar surface area (TPSA) is 44.5 Å². The largest absolute Gasteiger partial charge is 0.378 e. The zero-order valence-electron chi connectivity index (χ0n) is 12.1. The number of rotatable bonds is 2. The molecule has 1 spiro atoms. The van der Waals surface area contributed by atoms with Gasteiger partial charge in [-0.1, -0.05) is 18.2 Å². The van der Waals surface area contributed by atoms with Gasteiger partial charge in [0.15, 0.2) is 0 Å².